The van der Waals surface area contributed by atoms with E-state index in [0.29, 0.717) is 5.88 Å². The Labute approximate surface area is 99.2 Å². The van der Waals surface area contributed by atoms with E-state index in [1.807, 2.05) is 32.0 Å². The van der Waals surface area contributed by atoms with Crippen LogP contribution in [0.5, 0.6) is 0 Å². The first-order chi connectivity index (χ1) is 7.63. The molecule has 0 radical (unpaired) electrons. The summed E-state index contributed by atoms with van der Waals surface area (Å²) < 4.78 is 5.01. The molecule has 4 heteroatoms. The Balaban J connectivity index is 2.54. The van der Waals surface area contributed by atoms with E-state index in [9.17, 15) is 0 Å². The van der Waals surface area contributed by atoms with Crippen LogP contribution < -0.4 is 5.73 Å². The summed E-state index contributed by atoms with van der Waals surface area (Å²) in [4.78, 5) is 0. The van der Waals surface area contributed by atoms with E-state index in [-0.39, 0.29) is 0 Å². The van der Waals surface area contributed by atoms with Crippen molar-refractivity contribution in [2.75, 3.05) is 5.73 Å². The van der Waals surface area contributed by atoms with Crippen molar-refractivity contribution >= 4 is 17.5 Å². The molecule has 2 rings (SSSR count). The number of aromatic nitrogens is 1. The highest BCUT2D eigenvalue weighted by molar-refractivity contribution is 6.31. The van der Waals surface area contributed by atoms with E-state index in [4.69, 9.17) is 21.9 Å². The number of benzene rings is 1. The van der Waals surface area contributed by atoms with Crippen molar-refractivity contribution in [2.45, 2.75) is 20.3 Å². The molecule has 0 aliphatic heterocycles. The molecule has 0 fully saturated rings. The van der Waals surface area contributed by atoms with Crippen molar-refractivity contribution in [3.8, 4) is 11.3 Å². The van der Waals surface area contributed by atoms with Gasteiger partial charge in [-0.15, -0.1) is 0 Å². The fourth-order valence-electron chi connectivity index (χ4n) is 1.68. The quantitative estimate of drug-likeness (QED) is 0.869. The fraction of sp³-hybridized carbons (Fsp3) is 0.250. The molecule has 0 aliphatic rings. The van der Waals surface area contributed by atoms with Gasteiger partial charge in [-0.2, -0.15) is 0 Å². The van der Waals surface area contributed by atoms with Crippen molar-refractivity contribution in [3.05, 3.63) is 34.3 Å². The zero-order valence-electron chi connectivity index (χ0n) is 9.25. The summed E-state index contributed by atoms with van der Waals surface area (Å²) in [6.07, 6.45) is 0.798. The SMILES string of the molecule is CCc1c(-c2ccc(Cl)c(C)c2)noc1N. The second-order valence-electron chi connectivity index (χ2n) is 3.69. The number of nitrogens with two attached hydrogens (primary N) is 1. The Kier molecular flexibility index (Phi) is 2.88. The molecule has 1 heterocycles. The van der Waals surface area contributed by atoms with Gasteiger partial charge >= 0.3 is 0 Å². The minimum Gasteiger partial charge on any atom is -0.367 e. The van der Waals surface area contributed by atoms with Gasteiger partial charge in [0, 0.05) is 16.1 Å². The number of aryl methyl sites for hydroxylation is 1. The largest absolute Gasteiger partial charge is 0.367 e. The number of halogens is 1. The molecule has 1 aromatic heterocycles. The number of anilines is 1. The Bertz CT molecular complexity index is 520. The molecular formula is C12H13ClN2O. The van der Waals surface area contributed by atoms with Crippen molar-refractivity contribution in [1.29, 1.82) is 0 Å². The minimum atomic E-state index is 0.394. The fourth-order valence-corrected chi connectivity index (χ4v) is 1.80. The standard InChI is InChI=1S/C12H13ClN2O/c1-3-9-11(15-16-12(9)14)8-4-5-10(13)7(2)6-8/h4-6H,3,14H2,1-2H3. The number of rotatable bonds is 2. The predicted octanol–water partition coefficient (Wildman–Crippen LogP) is 3.45. The minimum absolute atomic E-state index is 0.394. The molecule has 0 bridgehead atoms. The normalized spacial score (nSPS) is 10.7. The number of hydrogen-bond donors (Lipinski definition) is 1. The average Bonchev–Trinajstić information content (AvgIpc) is 2.63. The first kappa shape index (κ1) is 11.0. The summed E-state index contributed by atoms with van der Waals surface area (Å²) in [7, 11) is 0. The van der Waals surface area contributed by atoms with E-state index >= 15 is 0 Å². The van der Waals surface area contributed by atoms with Crippen molar-refractivity contribution < 1.29 is 4.52 Å². The predicted molar refractivity (Wildman–Crippen MR) is 65.5 cm³/mol. The first-order valence-electron chi connectivity index (χ1n) is 5.14. The van der Waals surface area contributed by atoms with E-state index in [2.05, 4.69) is 5.16 Å². The first-order valence-corrected chi connectivity index (χ1v) is 5.51. The van der Waals surface area contributed by atoms with Crippen LogP contribution in [0.1, 0.15) is 18.1 Å². The molecule has 2 N–H and O–H groups in total. The highest BCUT2D eigenvalue weighted by Gasteiger charge is 2.13. The van der Waals surface area contributed by atoms with Crippen LogP contribution in [0.2, 0.25) is 5.02 Å². The van der Waals surface area contributed by atoms with Gasteiger partial charge in [-0.1, -0.05) is 29.7 Å². The smallest absolute Gasteiger partial charge is 0.225 e. The number of hydrogen-bond acceptors (Lipinski definition) is 3. The van der Waals surface area contributed by atoms with Gasteiger partial charge in [-0.3, -0.25) is 0 Å². The maximum atomic E-state index is 5.98. The molecule has 2 aromatic rings. The molecule has 0 atom stereocenters. The second-order valence-corrected chi connectivity index (χ2v) is 4.10. The molecule has 0 saturated heterocycles. The molecule has 0 spiro atoms. The van der Waals surface area contributed by atoms with Crippen LogP contribution >= 0.6 is 11.6 Å². The Hall–Kier alpha value is -1.48. The lowest BCUT2D eigenvalue weighted by Gasteiger charge is -2.02. The van der Waals surface area contributed by atoms with Crippen LogP contribution in [-0.4, -0.2) is 5.16 Å². The zero-order chi connectivity index (χ0) is 11.7. The number of nitrogen functional groups attached to an aromatic ring is 1. The zero-order valence-corrected chi connectivity index (χ0v) is 10.0. The molecule has 3 nitrogen and oxygen atoms in total. The van der Waals surface area contributed by atoms with Gasteiger partial charge in [0.15, 0.2) is 0 Å². The van der Waals surface area contributed by atoms with Crippen molar-refractivity contribution in [3.63, 3.8) is 0 Å². The molecular weight excluding hydrogens is 224 g/mol. The van der Waals surface area contributed by atoms with Crippen LogP contribution in [0.15, 0.2) is 22.7 Å². The van der Waals surface area contributed by atoms with Crippen LogP contribution in [0.4, 0.5) is 5.88 Å². The van der Waals surface area contributed by atoms with E-state index in [1.54, 1.807) is 0 Å². The van der Waals surface area contributed by atoms with Gasteiger partial charge < -0.3 is 10.3 Å². The van der Waals surface area contributed by atoms with Gasteiger partial charge in [0.25, 0.3) is 0 Å². The Morgan fingerprint density at radius 2 is 2.19 bits per heavy atom. The summed E-state index contributed by atoms with van der Waals surface area (Å²) >= 11 is 5.98. The third kappa shape index (κ3) is 1.78. The van der Waals surface area contributed by atoms with Crippen molar-refractivity contribution in [1.82, 2.24) is 5.16 Å². The lowest BCUT2D eigenvalue weighted by atomic mass is 10.0. The summed E-state index contributed by atoms with van der Waals surface area (Å²) in [5.74, 6) is 0.394. The highest BCUT2D eigenvalue weighted by Crippen LogP contribution is 2.29. The van der Waals surface area contributed by atoms with Gasteiger partial charge in [0.05, 0.1) is 0 Å². The summed E-state index contributed by atoms with van der Waals surface area (Å²) in [6, 6.07) is 5.76. The van der Waals surface area contributed by atoms with Gasteiger partial charge in [-0.05, 0) is 31.0 Å². The van der Waals surface area contributed by atoms with E-state index in [0.717, 1.165) is 33.8 Å². The second kappa shape index (κ2) is 4.18. The number of nitrogens with zero attached hydrogens (tertiary/aromatic N) is 1. The topological polar surface area (TPSA) is 52.0 Å². The summed E-state index contributed by atoms with van der Waals surface area (Å²) in [5.41, 5.74) is 9.46. The van der Waals surface area contributed by atoms with Gasteiger partial charge in [0.2, 0.25) is 5.88 Å². The maximum absolute atomic E-state index is 5.98. The molecule has 1 aromatic carbocycles. The third-order valence-electron chi connectivity index (χ3n) is 2.60. The Morgan fingerprint density at radius 3 is 2.81 bits per heavy atom. The lowest BCUT2D eigenvalue weighted by Crippen LogP contribution is -1.90. The van der Waals surface area contributed by atoms with Crippen LogP contribution in [0.3, 0.4) is 0 Å². The highest BCUT2D eigenvalue weighted by atomic mass is 35.5. The third-order valence-corrected chi connectivity index (χ3v) is 3.03. The van der Waals surface area contributed by atoms with E-state index in [1.165, 1.54) is 0 Å². The van der Waals surface area contributed by atoms with Gasteiger partial charge in [0.1, 0.15) is 5.69 Å². The van der Waals surface area contributed by atoms with Gasteiger partial charge in [-0.25, -0.2) is 0 Å². The average molecular weight is 237 g/mol. The van der Waals surface area contributed by atoms with Crippen LogP contribution in [-0.2, 0) is 6.42 Å². The molecule has 0 saturated carbocycles. The molecule has 84 valence electrons. The molecule has 0 unspecified atom stereocenters. The molecule has 0 amide bonds. The molecule has 0 aliphatic carbocycles. The van der Waals surface area contributed by atoms with E-state index < -0.39 is 0 Å². The molecule has 16 heavy (non-hydrogen) atoms. The Morgan fingerprint density at radius 1 is 1.44 bits per heavy atom. The summed E-state index contributed by atoms with van der Waals surface area (Å²) in [6.45, 7) is 3.98. The lowest BCUT2D eigenvalue weighted by molar-refractivity contribution is 0.438. The summed E-state index contributed by atoms with van der Waals surface area (Å²) in [5, 5.41) is 4.73. The van der Waals surface area contributed by atoms with Crippen LogP contribution in [0, 0.1) is 6.92 Å². The van der Waals surface area contributed by atoms with Crippen molar-refractivity contribution in [2.24, 2.45) is 0 Å². The maximum Gasteiger partial charge on any atom is 0.225 e. The monoisotopic (exact) mass is 236 g/mol. The van der Waals surface area contributed by atoms with Crippen LogP contribution in [0.25, 0.3) is 11.3 Å².